The lowest BCUT2D eigenvalue weighted by atomic mass is 10.0. The number of benzene rings is 3. The van der Waals surface area contributed by atoms with E-state index < -0.39 is 0 Å². The Morgan fingerprint density at radius 2 is 1.70 bits per heavy atom. The lowest BCUT2D eigenvalue weighted by Crippen LogP contribution is -1.83. The van der Waals surface area contributed by atoms with Gasteiger partial charge < -0.3 is 14.3 Å². The van der Waals surface area contributed by atoms with Crippen LogP contribution >= 0.6 is 0 Å². The molecule has 0 aliphatic carbocycles. The van der Waals surface area contributed by atoms with Gasteiger partial charge in [0.2, 0.25) is 5.88 Å². The minimum Gasteiger partial charge on any atom is -0.507 e. The first-order valence-corrected chi connectivity index (χ1v) is 8.65. The number of ether oxygens (including phenoxy) is 1. The first kappa shape index (κ1) is 16.9. The summed E-state index contributed by atoms with van der Waals surface area (Å²) in [5.74, 6) is 1.39. The molecule has 1 heterocycles. The Morgan fingerprint density at radius 1 is 0.963 bits per heavy atom. The zero-order valence-corrected chi connectivity index (χ0v) is 15.1. The van der Waals surface area contributed by atoms with Crippen molar-refractivity contribution in [2.24, 2.45) is 4.99 Å². The Bertz CT molecular complexity index is 1110. The van der Waals surface area contributed by atoms with Crippen molar-refractivity contribution in [3.05, 3.63) is 77.9 Å². The molecule has 1 N–H and O–H groups in total. The Labute approximate surface area is 157 Å². The van der Waals surface area contributed by atoms with E-state index in [-0.39, 0.29) is 5.75 Å². The lowest BCUT2D eigenvalue weighted by molar-refractivity contribution is 0.415. The van der Waals surface area contributed by atoms with Gasteiger partial charge in [-0.25, -0.2) is 4.99 Å². The first-order valence-electron chi connectivity index (χ1n) is 8.65. The van der Waals surface area contributed by atoms with Crippen LogP contribution in [0.15, 0.2) is 76.1 Å². The van der Waals surface area contributed by atoms with Gasteiger partial charge in [0.25, 0.3) is 0 Å². The van der Waals surface area contributed by atoms with Crippen LogP contribution in [-0.4, -0.2) is 18.4 Å². The number of aliphatic imine (C=N–C) groups is 1. The third-order valence-electron chi connectivity index (χ3n) is 4.46. The van der Waals surface area contributed by atoms with E-state index in [2.05, 4.69) is 4.99 Å². The largest absolute Gasteiger partial charge is 0.507 e. The maximum absolute atomic E-state index is 10.4. The molecule has 0 radical (unpaired) electrons. The van der Waals surface area contributed by atoms with E-state index in [4.69, 9.17) is 9.15 Å². The average Bonchev–Trinajstić information content (AvgIpc) is 3.07. The molecule has 0 fully saturated rings. The van der Waals surface area contributed by atoms with Crippen LogP contribution < -0.4 is 4.74 Å². The van der Waals surface area contributed by atoms with Crippen molar-refractivity contribution in [2.75, 3.05) is 7.11 Å². The summed E-state index contributed by atoms with van der Waals surface area (Å²) in [6, 6.07) is 20.9. The van der Waals surface area contributed by atoms with E-state index in [1.54, 1.807) is 25.5 Å². The van der Waals surface area contributed by atoms with Gasteiger partial charge in [0.15, 0.2) is 0 Å². The fourth-order valence-corrected chi connectivity index (χ4v) is 3.02. The van der Waals surface area contributed by atoms with Crippen molar-refractivity contribution in [1.82, 2.24) is 0 Å². The van der Waals surface area contributed by atoms with Gasteiger partial charge in [-0.3, -0.25) is 0 Å². The first-order chi connectivity index (χ1) is 13.2. The molecule has 4 nitrogen and oxygen atoms in total. The van der Waals surface area contributed by atoms with Gasteiger partial charge in [-0.1, -0.05) is 48.0 Å². The van der Waals surface area contributed by atoms with Crippen molar-refractivity contribution in [3.63, 3.8) is 0 Å². The fourth-order valence-electron chi connectivity index (χ4n) is 3.02. The maximum Gasteiger partial charge on any atom is 0.228 e. The van der Waals surface area contributed by atoms with Crippen molar-refractivity contribution < 1.29 is 14.3 Å². The third-order valence-corrected chi connectivity index (χ3v) is 4.46. The van der Waals surface area contributed by atoms with Gasteiger partial charge in [-0.2, -0.15) is 0 Å². The molecule has 4 aromatic rings. The molecule has 4 heteroatoms. The molecule has 0 unspecified atom stereocenters. The molecule has 0 spiro atoms. The number of nitrogens with zero attached hydrogens (tertiary/aromatic N) is 1. The minimum atomic E-state index is 0.166. The van der Waals surface area contributed by atoms with Crippen molar-refractivity contribution in [3.8, 4) is 22.6 Å². The number of furan rings is 1. The summed E-state index contributed by atoms with van der Waals surface area (Å²) in [6.45, 7) is 2.05. The molecule has 4 rings (SSSR count). The standard InChI is InChI=1S/C23H19NO3/c1-15-6-8-16(9-7-15)14-24-23-21(17-10-12-18(26-2)13-11-17)22-19(25)4-3-5-20(22)27-23/h3-14,25H,1-2H3/b24-14+. The van der Waals surface area contributed by atoms with Crippen molar-refractivity contribution >= 4 is 23.1 Å². The van der Waals surface area contributed by atoms with Crippen LogP contribution in [0.25, 0.3) is 22.1 Å². The number of hydrogen-bond acceptors (Lipinski definition) is 4. The van der Waals surface area contributed by atoms with E-state index >= 15 is 0 Å². The molecular weight excluding hydrogens is 338 g/mol. The summed E-state index contributed by atoms with van der Waals surface area (Å²) in [4.78, 5) is 4.57. The predicted molar refractivity (Wildman–Crippen MR) is 108 cm³/mol. The quantitative estimate of drug-likeness (QED) is 0.465. The number of fused-ring (bicyclic) bond motifs is 1. The summed E-state index contributed by atoms with van der Waals surface area (Å²) in [5.41, 5.74) is 4.42. The Kier molecular flexibility index (Phi) is 4.38. The number of rotatable bonds is 4. The second-order valence-corrected chi connectivity index (χ2v) is 6.33. The van der Waals surface area contributed by atoms with Gasteiger partial charge in [-0.15, -0.1) is 0 Å². The highest BCUT2D eigenvalue weighted by atomic mass is 16.5. The SMILES string of the molecule is COc1ccc(-c2c(/N=C/c3ccc(C)cc3)oc3cccc(O)c23)cc1. The normalized spacial score (nSPS) is 11.3. The van der Waals surface area contributed by atoms with Crippen LogP contribution in [0.3, 0.4) is 0 Å². The smallest absolute Gasteiger partial charge is 0.228 e. The highest BCUT2D eigenvalue weighted by molar-refractivity contribution is 6.04. The highest BCUT2D eigenvalue weighted by Gasteiger charge is 2.18. The molecular formula is C23H19NO3. The van der Waals surface area contributed by atoms with Gasteiger partial charge in [-0.05, 0) is 42.3 Å². The van der Waals surface area contributed by atoms with Crippen LogP contribution in [0.1, 0.15) is 11.1 Å². The number of phenols is 1. The highest BCUT2D eigenvalue weighted by Crippen LogP contribution is 2.44. The topological polar surface area (TPSA) is 55.0 Å². The molecule has 27 heavy (non-hydrogen) atoms. The molecule has 0 aliphatic rings. The van der Waals surface area contributed by atoms with Crippen LogP contribution in [0, 0.1) is 6.92 Å². The van der Waals surface area contributed by atoms with E-state index in [0.717, 1.165) is 22.4 Å². The van der Waals surface area contributed by atoms with Gasteiger partial charge in [0.1, 0.15) is 17.1 Å². The zero-order valence-electron chi connectivity index (χ0n) is 15.1. The van der Waals surface area contributed by atoms with Crippen LogP contribution in [0.5, 0.6) is 11.5 Å². The predicted octanol–water partition coefficient (Wildman–Crippen LogP) is 5.87. The maximum atomic E-state index is 10.4. The molecule has 0 bridgehead atoms. The van der Waals surface area contributed by atoms with Crippen LogP contribution in [0.2, 0.25) is 0 Å². The molecule has 0 saturated heterocycles. The second kappa shape index (κ2) is 7.00. The Balaban J connectivity index is 1.86. The number of phenolic OH excluding ortho intramolecular Hbond substituents is 1. The minimum absolute atomic E-state index is 0.166. The molecule has 1 aromatic heterocycles. The second-order valence-electron chi connectivity index (χ2n) is 6.33. The summed E-state index contributed by atoms with van der Waals surface area (Å²) < 4.78 is 11.2. The zero-order chi connectivity index (χ0) is 18.8. The lowest BCUT2D eigenvalue weighted by Gasteiger charge is -2.04. The molecule has 0 saturated carbocycles. The number of aryl methyl sites for hydroxylation is 1. The Morgan fingerprint density at radius 3 is 2.41 bits per heavy atom. The summed E-state index contributed by atoms with van der Waals surface area (Å²) in [7, 11) is 1.63. The molecule has 3 aromatic carbocycles. The number of hydrogen-bond donors (Lipinski definition) is 1. The van der Waals surface area contributed by atoms with Gasteiger partial charge >= 0.3 is 0 Å². The third kappa shape index (κ3) is 3.29. The van der Waals surface area contributed by atoms with E-state index in [9.17, 15) is 5.11 Å². The fraction of sp³-hybridized carbons (Fsp3) is 0.0870. The van der Waals surface area contributed by atoms with E-state index in [1.807, 2.05) is 61.5 Å². The molecule has 0 atom stereocenters. The average molecular weight is 357 g/mol. The van der Waals surface area contributed by atoms with Gasteiger partial charge in [0.05, 0.1) is 18.1 Å². The van der Waals surface area contributed by atoms with Crippen molar-refractivity contribution in [1.29, 1.82) is 0 Å². The number of aromatic hydroxyl groups is 1. The Hall–Kier alpha value is -3.53. The van der Waals surface area contributed by atoms with E-state index in [0.29, 0.717) is 16.9 Å². The van der Waals surface area contributed by atoms with Gasteiger partial charge in [0, 0.05) is 6.21 Å². The van der Waals surface area contributed by atoms with Crippen LogP contribution in [0.4, 0.5) is 5.88 Å². The molecule has 0 aliphatic heterocycles. The monoisotopic (exact) mass is 357 g/mol. The molecule has 134 valence electrons. The van der Waals surface area contributed by atoms with Crippen molar-refractivity contribution in [2.45, 2.75) is 6.92 Å². The summed E-state index contributed by atoms with van der Waals surface area (Å²) >= 11 is 0. The summed E-state index contributed by atoms with van der Waals surface area (Å²) in [5, 5.41) is 11.1. The summed E-state index contributed by atoms with van der Waals surface area (Å²) in [6.07, 6.45) is 1.77. The number of methoxy groups -OCH3 is 1. The van der Waals surface area contributed by atoms with Crippen LogP contribution in [-0.2, 0) is 0 Å². The van der Waals surface area contributed by atoms with E-state index in [1.165, 1.54) is 5.56 Å². The molecule has 0 amide bonds.